The second-order valence-corrected chi connectivity index (χ2v) is 10.9. The largest absolute Gasteiger partial charge is 0.756 e. The molecule has 8 heteroatoms. The van der Waals surface area contributed by atoms with Crippen molar-refractivity contribution >= 4 is 7.82 Å². The Bertz CT molecular complexity index is 497. The lowest BCUT2D eigenvalue weighted by Gasteiger charge is -2.28. The Hall–Kier alpha value is -0.270. The number of hydrogen-bond acceptors (Lipinski definition) is 6. The molecule has 0 amide bonds. The third-order valence-electron chi connectivity index (χ3n) is 5.18. The second-order valence-electron chi connectivity index (χ2n) is 9.50. The smallest absolute Gasteiger partial charge is 0.268 e. The summed E-state index contributed by atoms with van der Waals surface area (Å²) in [6.45, 7) is 2.51. The molecule has 3 atom stereocenters. The molecule has 3 N–H and O–H groups in total. The van der Waals surface area contributed by atoms with E-state index in [0.29, 0.717) is 11.0 Å². The highest BCUT2D eigenvalue weighted by Crippen LogP contribution is 2.38. The first-order chi connectivity index (χ1) is 14.6. The maximum absolute atomic E-state index is 11.8. The highest BCUT2D eigenvalue weighted by molar-refractivity contribution is 7.45. The molecular weight excluding hydrogens is 415 g/mol. The molecule has 0 aromatic rings. The van der Waals surface area contributed by atoms with Gasteiger partial charge < -0.3 is 29.3 Å². The maximum Gasteiger partial charge on any atom is 0.268 e. The summed E-state index contributed by atoms with van der Waals surface area (Å²) in [6.07, 6.45) is 17.8. The van der Waals surface area contributed by atoms with E-state index < -0.39 is 20.0 Å². The van der Waals surface area contributed by atoms with Crippen LogP contribution in [-0.4, -0.2) is 62.6 Å². The number of rotatable bonds is 21. The topological polar surface area (TPSA) is 105 Å². The molecule has 0 aliphatic heterocycles. The highest BCUT2D eigenvalue weighted by atomic mass is 31.2. The van der Waals surface area contributed by atoms with E-state index in [1.807, 2.05) is 27.2 Å². The molecular formula is C23H49N2O5P. The third-order valence-corrected chi connectivity index (χ3v) is 6.15. The maximum atomic E-state index is 11.8. The van der Waals surface area contributed by atoms with Crippen LogP contribution in [0, 0.1) is 0 Å². The summed E-state index contributed by atoms with van der Waals surface area (Å²) in [4.78, 5) is 11.8. The van der Waals surface area contributed by atoms with Gasteiger partial charge in [-0.3, -0.25) is 4.57 Å². The first kappa shape index (κ1) is 30.7. The van der Waals surface area contributed by atoms with Crippen molar-refractivity contribution < 1.29 is 28.1 Å². The quantitative estimate of drug-likeness (QED) is 0.114. The van der Waals surface area contributed by atoms with Gasteiger partial charge in [0.25, 0.3) is 7.82 Å². The van der Waals surface area contributed by atoms with Crippen LogP contribution in [0.1, 0.15) is 84.0 Å². The van der Waals surface area contributed by atoms with Crippen LogP contribution in [0.2, 0.25) is 0 Å². The van der Waals surface area contributed by atoms with Gasteiger partial charge >= 0.3 is 0 Å². The average Bonchev–Trinajstić information content (AvgIpc) is 2.68. The van der Waals surface area contributed by atoms with E-state index in [0.717, 1.165) is 12.8 Å². The van der Waals surface area contributed by atoms with Crippen LogP contribution < -0.4 is 10.6 Å². The van der Waals surface area contributed by atoms with Gasteiger partial charge in [-0.25, -0.2) is 0 Å². The molecule has 0 aromatic heterocycles. The van der Waals surface area contributed by atoms with Gasteiger partial charge in [0, 0.05) is 0 Å². The van der Waals surface area contributed by atoms with E-state index in [1.54, 1.807) is 6.08 Å². The van der Waals surface area contributed by atoms with Crippen molar-refractivity contribution in [2.24, 2.45) is 5.73 Å². The fourth-order valence-electron chi connectivity index (χ4n) is 3.04. The zero-order chi connectivity index (χ0) is 23.6. The number of hydrogen-bond donors (Lipinski definition) is 2. The third kappa shape index (κ3) is 21.3. The zero-order valence-corrected chi connectivity index (χ0v) is 21.4. The Labute approximate surface area is 191 Å². The van der Waals surface area contributed by atoms with Gasteiger partial charge in [0.05, 0.1) is 39.9 Å². The van der Waals surface area contributed by atoms with Gasteiger partial charge in [0.1, 0.15) is 13.2 Å². The predicted octanol–water partition coefficient (Wildman–Crippen LogP) is 4.14. The van der Waals surface area contributed by atoms with E-state index in [1.165, 1.54) is 64.2 Å². The molecule has 31 heavy (non-hydrogen) atoms. The molecule has 7 nitrogen and oxygen atoms in total. The highest BCUT2D eigenvalue weighted by Gasteiger charge is 2.18. The summed E-state index contributed by atoms with van der Waals surface area (Å²) in [7, 11) is 1.41. The number of quaternary nitrogens is 1. The van der Waals surface area contributed by atoms with Gasteiger partial charge in [-0.2, -0.15) is 0 Å². The fourth-order valence-corrected chi connectivity index (χ4v) is 3.78. The zero-order valence-electron chi connectivity index (χ0n) is 20.5. The molecule has 0 aliphatic carbocycles. The van der Waals surface area contributed by atoms with Crippen molar-refractivity contribution in [3.63, 3.8) is 0 Å². The Balaban J connectivity index is 3.74. The number of unbranched alkanes of at least 4 members (excludes halogenated alkanes) is 11. The summed E-state index contributed by atoms with van der Waals surface area (Å²) in [5.41, 5.74) is 5.82. The van der Waals surface area contributed by atoms with Gasteiger partial charge in [-0.05, 0) is 12.8 Å². The number of aliphatic hydroxyl groups is 1. The number of likely N-dealkylation sites (N-methyl/N-ethyl adjacent to an activating group) is 1. The molecule has 0 aliphatic rings. The van der Waals surface area contributed by atoms with Crippen LogP contribution in [0.4, 0.5) is 0 Å². The van der Waals surface area contributed by atoms with Crippen molar-refractivity contribution in [2.45, 2.75) is 96.1 Å². The molecule has 0 radical (unpaired) electrons. The molecule has 0 saturated heterocycles. The van der Waals surface area contributed by atoms with Crippen molar-refractivity contribution in [1.82, 2.24) is 0 Å². The lowest BCUT2D eigenvalue weighted by molar-refractivity contribution is -0.870. The molecule has 0 spiro atoms. The van der Waals surface area contributed by atoms with E-state index in [2.05, 4.69) is 6.92 Å². The van der Waals surface area contributed by atoms with E-state index in [9.17, 15) is 14.6 Å². The van der Waals surface area contributed by atoms with Gasteiger partial charge in [0.15, 0.2) is 0 Å². The predicted molar refractivity (Wildman–Crippen MR) is 127 cm³/mol. The number of phosphoric acid groups is 1. The van der Waals surface area contributed by atoms with Crippen molar-refractivity contribution in [3.8, 4) is 0 Å². The summed E-state index contributed by atoms with van der Waals surface area (Å²) < 4.78 is 22.0. The van der Waals surface area contributed by atoms with Crippen molar-refractivity contribution in [3.05, 3.63) is 12.2 Å². The molecule has 0 rings (SSSR count). The van der Waals surface area contributed by atoms with Gasteiger partial charge in [-0.1, -0.05) is 83.3 Å². The number of allylic oxidation sites excluding steroid dienone is 1. The summed E-state index contributed by atoms with van der Waals surface area (Å²) >= 11 is 0. The van der Waals surface area contributed by atoms with Crippen LogP contribution >= 0.6 is 7.82 Å². The lowest BCUT2D eigenvalue weighted by atomic mass is 10.0. The van der Waals surface area contributed by atoms with Crippen LogP contribution in [0.15, 0.2) is 12.2 Å². The average molecular weight is 465 g/mol. The van der Waals surface area contributed by atoms with E-state index >= 15 is 0 Å². The normalized spacial score (nSPS) is 16.5. The number of aliphatic hydroxyl groups excluding tert-OH is 1. The fraction of sp³-hybridized carbons (Fsp3) is 0.913. The number of nitrogens with zero attached hydrogens (tertiary/aromatic N) is 1. The minimum Gasteiger partial charge on any atom is -0.756 e. The molecule has 186 valence electrons. The monoisotopic (exact) mass is 464 g/mol. The Kier molecular flexibility index (Phi) is 18.0. The second kappa shape index (κ2) is 18.2. The van der Waals surface area contributed by atoms with Crippen LogP contribution in [0.5, 0.6) is 0 Å². The van der Waals surface area contributed by atoms with Crippen LogP contribution in [0.25, 0.3) is 0 Å². The van der Waals surface area contributed by atoms with Crippen molar-refractivity contribution in [2.75, 3.05) is 40.9 Å². The Morgan fingerprint density at radius 3 is 2.00 bits per heavy atom. The minimum atomic E-state index is -4.41. The Morgan fingerprint density at radius 1 is 0.968 bits per heavy atom. The standard InChI is InChI=1S/C23H49N2O5P/c1-5-6-7-8-9-10-11-12-13-14-15-16-17-18-23(26)22(24)21-30-31(27,28)29-20-19-25(2,3)4/h17-18,22-23,26H,5-16,19-21,24H2,1-4H3/b18-17+/t22-,23-/m0/s1. The van der Waals surface area contributed by atoms with Crippen LogP contribution in [-0.2, 0) is 13.6 Å². The van der Waals surface area contributed by atoms with Gasteiger partial charge in [0.2, 0.25) is 0 Å². The first-order valence-corrected chi connectivity index (χ1v) is 13.5. The summed E-state index contributed by atoms with van der Waals surface area (Å²) in [5, 5.41) is 10.0. The molecule has 0 heterocycles. The first-order valence-electron chi connectivity index (χ1n) is 12.1. The SMILES string of the molecule is CCCCCCCCCCCCC/C=C/[C@H](O)[C@@H](N)COP(=O)([O-])OCC[N+](C)(C)C. The van der Waals surface area contributed by atoms with Crippen molar-refractivity contribution in [1.29, 1.82) is 0 Å². The van der Waals surface area contributed by atoms with Gasteiger partial charge in [-0.15, -0.1) is 0 Å². The van der Waals surface area contributed by atoms with E-state index in [4.69, 9.17) is 14.8 Å². The molecule has 0 bridgehead atoms. The van der Waals surface area contributed by atoms with E-state index in [-0.39, 0.29) is 13.2 Å². The number of phosphoric ester groups is 1. The summed E-state index contributed by atoms with van der Waals surface area (Å²) in [5.74, 6) is 0. The molecule has 0 aromatic carbocycles. The molecule has 0 fully saturated rings. The lowest BCUT2D eigenvalue weighted by Crippen LogP contribution is -2.39. The minimum absolute atomic E-state index is 0.0426. The molecule has 0 saturated carbocycles. The number of nitrogens with two attached hydrogens (primary N) is 1. The van der Waals surface area contributed by atoms with Crippen LogP contribution in [0.3, 0.4) is 0 Å². The summed E-state index contributed by atoms with van der Waals surface area (Å²) in [6, 6.07) is -0.821. The molecule has 1 unspecified atom stereocenters. The Morgan fingerprint density at radius 2 is 1.48 bits per heavy atom.